The molecule has 1 heterocycles. The van der Waals surface area contributed by atoms with Crippen molar-refractivity contribution in [1.82, 2.24) is 15.0 Å². The van der Waals surface area contributed by atoms with Crippen LogP contribution < -0.4 is 0 Å². The van der Waals surface area contributed by atoms with Gasteiger partial charge in [0.1, 0.15) is 0 Å². The van der Waals surface area contributed by atoms with Gasteiger partial charge in [0, 0.05) is 0 Å². The van der Waals surface area contributed by atoms with Crippen LogP contribution in [0.1, 0.15) is 16.1 Å². The van der Waals surface area contributed by atoms with Crippen molar-refractivity contribution in [2.24, 2.45) is 0 Å². The lowest BCUT2D eigenvalue weighted by Gasteiger charge is -2.05. The topological polar surface area (TPSA) is 105 Å². The zero-order valence-corrected chi connectivity index (χ0v) is 10.2. The van der Waals surface area contributed by atoms with Gasteiger partial charge in [-0.3, -0.25) is 4.79 Å². The second kappa shape index (κ2) is 5.07. The fourth-order valence-electron chi connectivity index (χ4n) is 1.55. The number of carbonyl (C=O) groups is 2. The summed E-state index contributed by atoms with van der Waals surface area (Å²) >= 11 is 5.77. The van der Waals surface area contributed by atoms with Crippen molar-refractivity contribution >= 4 is 23.5 Å². The first-order chi connectivity index (χ1) is 8.99. The van der Waals surface area contributed by atoms with E-state index in [4.69, 9.17) is 21.8 Å². The molecule has 0 saturated carbocycles. The molecule has 0 saturated heterocycles. The van der Waals surface area contributed by atoms with E-state index >= 15 is 0 Å². The average Bonchev–Trinajstić information content (AvgIpc) is 2.71. The van der Waals surface area contributed by atoms with E-state index in [-0.39, 0.29) is 22.8 Å². The first kappa shape index (κ1) is 13.0. The van der Waals surface area contributed by atoms with Crippen LogP contribution in [0.15, 0.2) is 24.3 Å². The Morgan fingerprint density at radius 2 is 2.05 bits per heavy atom. The van der Waals surface area contributed by atoms with Gasteiger partial charge >= 0.3 is 11.9 Å². The van der Waals surface area contributed by atoms with Crippen LogP contribution in [0.4, 0.5) is 0 Å². The smallest absolute Gasteiger partial charge is 0.335 e. The van der Waals surface area contributed by atoms with Gasteiger partial charge in [-0.1, -0.05) is 22.9 Å². The van der Waals surface area contributed by atoms with E-state index < -0.39 is 11.9 Å². The number of aromatic carboxylic acids is 1. The van der Waals surface area contributed by atoms with Crippen molar-refractivity contribution in [2.75, 3.05) is 0 Å². The van der Waals surface area contributed by atoms with Crippen LogP contribution in [0.3, 0.4) is 0 Å². The molecule has 2 rings (SSSR count). The molecule has 8 heteroatoms. The first-order valence-electron chi connectivity index (χ1n) is 5.14. The van der Waals surface area contributed by atoms with Crippen LogP contribution in [0.25, 0.3) is 5.69 Å². The minimum Gasteiger partial charge on any atom is -0.481 e. The number of carboxylic acid groups (broad SMARTS) is 2. The molecule has 98 valence electrons. The molecule has 1 aromatic heterocycles. The summed E-state index contributed by atoms with van der Waals surface area (Å²) in [6.45, 7) is 0. The molecule has 0 spiro atoms. The second-order valence-corrected chi connectivity index (χ2v) is 4.02. The fraction of sp³-hybridized carbons (Fsp3) is 0.0909. The van der Waals surface area contributed by atoms with Crippen molar-refractivity contribution in [3.63, 3.8) is 0 Å². The van der Waals surface area contributed by atoms with Crippen LogP contribution in [0, 0.1) is 0 Å². The number of benzene rings is 1. The van der Waals surface area contributed by atoms with Crippen LogP contribution in [0.2, 0.25) is 5.15 Å². The molecule has 0 atom stereocenters. The minimum atomic E-state index is -1.09. The van der Waals surface area contributed by atoms with E-state index in [9.17, 15) is 9.59 Å². The summed E-state index contributed by atoms with van der Waals surface area (Å²) in [5.74, 6) is -2.17. The lowest BCUT2D eigenvalue weighted by atomic mass is 10.2. The Bertz CT molecular complexity index is 653. The second-order valence-electron chi connectivity index (χ2n) is 3.66. The molecule has 0 amide bonds. The maximum absolute atomic E-state index is 10.9. The average molecular weight is 282 g/mol. The number of hydrogen-bond donors (Lipinski definition) is 2. The molecule has 0 bridgehead atoms. The molecule has 2 aromatic rings. The lowest BCUT2D eigenvalue weighted by Crippen LogP contribution is -2.09. The van der Waals surface area contributed by atoms with Crippen LogP contribution >= 0.6 is 11.6 Å². The molecule has 0 radical (unpaired) electrons. The zero-order valence-electron chi connectivity index (χ0n) is 9.45. The summed E-state index contributed by atoms with van der Waals surface area (Å²) < 4.78 is 1.21. The van der Waals surface area contributed by atoms with Crippen molar-refractivity contribution in [3.05, 3.63) is 40.7 Å². The van der Waals surface area contributed by atoms with Gasteiger partial charge in [0.25, 0.3) is 0 Å². The monoisotopic (exact) mass is 281 g/mol. The summed E-state index contributed by atoms with van der Waals surface area (Å²) in [6.07, 6.45) is -0.358. The highest BCUT2D eigenvalue weighted by Crippen LogP contribution is 2.18. The summed E-state index contributed by atoms with van der Waals surface area (Å²) in [5.41, 5.74) is 0.637. The fourth-order valence-corrected chi connectivity index (χ4v) is 1.73. The van der Waals surface area contributed by atoms with Gasteiger partial charge in [0.05, 0.1) is 23.4 Å². The highest BCUT2D eigenvalue weighted by Gasteiger charge is 2.16. The third-order valence-corrected chi connectivity index (χ3v) is 2.67. The molecule has 2 N–H and O–H groups in total. The Balaban J connectivity index is 2.50. The van der Waals surface area contributed by atoms with Gasteiger partial charge in [-0.25, -0.2) is 9.48 Å². The van der Waals surface area contributed by atoms with Crippen molar-refractivity contribution < 1.29 is 19.8 Å². The third kappa shape index (κ3) is 2.71. The molecule has 7 nitrogen and oxygen atoms in total. The number of carboxylic acids is 2. The quantitative estimate of drug-likeness (QED) is 0.873. The Morgan fingerprint density at radius 3 is 2.68 bits per heavy atom. The molecule has 0 aliphatic heterocycles. The molecule has 1 aromatic carbocycles. The number of halogens is 1. The molecule has 0 aliphatic carbocycles. The van der Waals surface area contributed by atoms with E-state index in [2.05, 4.69) is 10.3 Å². The van der Waals surface area contributed by atoms with Crippen molar-refractivity contribution in [3.8, 4) is 5.69 Å². The molecule has 19 heavy (non-hydrogen) atoms. The number of nitrogens with zero attached hydrogens (tertiary/aromatic N) is 3. The van der Waals surface area contributed by atoms with Crippen molar-refractivity contribution in [2.45, 2.75) is 6.42 Å². The Morgan fingerprint density at radius 1 is 1.32 bits per heavy atom. The summed E-state index contributed by atoms with van der Waals surface area (Å²) in [7, 11) is 0. The zero-order chi connectivity index (χ0) is 14.0. The van der Waals surface area contributed by atoms with E-state index in [0.29, 0.717) is 5.69 Å². The molecular formula is C11H8ClN3O4. The predicted molar refractivity (Wildman–Crippen MR) is 64.7 cm³/mol. The maximum Gasteiger partial charge on any atom is 0.335 e. The largest absolute Gasteiger partial charge is 0.481 e. The number of aliphatic carboxylic acids is 1. The Labute approximate surface area is 112 Å². The summed E-state index contributed by atoms with van der Waals surface area (Å²) in [4.78, 5) is 21.6. The lowest BCUT2D eigenvalue weighted by molar-refractivity contribution is -0.136. The maximum atomic E-state index is 10.9. The summed E-state index contributed by atoms with van der Waals surface area (Å²) in [5, 5.41) is 25.0. The van der Waals surface area contributed by atoms with Crippen molar-refractivity contribution in [1.29, 1.82) is 0 Å². The van der Waals surface area contributed by atoms with Gasteiger partial charge in [-0.15, -0.1) is 5.10 Å². The predicted octanol–water partition coefficient (Wildman–Crippen LogP) is 1.25. The summed E-state index contributed by atoms with van der Waals surface area (Å²) in [6, 6.07) is 5.89. The van der Waals surface area contributed by atoms with Gasteiger partial charge in [0.2, 0.25) is 0 Å². The van der Waals surface area contributed by atoms with Gasteiger partial charge in [-0.2, -0.15) is 0 Å². The Hall–Kier alpha value is -2.41. The first-order valence-corrected chi connectivity index (χ1v) is 5.52. The van der Waals surface area contributed by atoms with Crippen LogP contribution in [-0.2, 0) is 11.2 Å². The number of aromatic nitrogens is 3. The minimum absolute atomic E-state index is 0.0249. The number of rotatable bonds is 4. The van der Waals surface area contributed by atoms with Crippen LogP contribution in [-0.4, -0.2) is 37.1 Å². The van der Waals surface area contributed by atoms with Gasteiger partial charge in [0.15, 0.2) is 5.15 Å². The normalized spacial score (nSPS) is 10.4. The van der Waals surface area contributed by atoms with E-state index in [1.54, 1.807) is 6.07 Å². The SMILES string of the molecule is O=C(O)Cc1c(Cl)nnn1-c1cccc(C(=O)O)c1. The van der Waals surface area contributed by atoms with Crippen LogP contribution in [0.5, 0.6) is 0 Å². The number of hydrogen-bond acceptors (Lipinski definition) is 4. The van der Waals surface area contributed by atoms with E-state index in [0.717, 1.165) is 0 Å². The van der Waals surface area contributed by atoms with E-state index in [1.807, 2.05) is 0 Å². The third-order valence-electron chi connectivity index (χ3n) is 2.37. The van der Waals surface area contributed by atoms with Gasteiger partial charge in [-0.05, 0) is 18.2 Å². The Kier molecular flexibility index (Phi) is 3.48. The highest BCUT2D eigenvalue weighted by atomic mass is 35.5. The van der Waals surface area contributed by atoms with Gasteiger partial charge < -0.3 is 10.2 Å². The molecule has 0 unspecified atom stereocenters. The standard InChI is InChI=1S/C11H8ClN3O4/c12-10-8(5-9(16)17)15(14-13-10)7-3-1-2-6(4-7)11(18)19/h1-4H,5H2,(H,16,17)(H,18,19). The molecule has 0 aliphatic rings. The van der Waals surface area contributed by atoms with E-state index in [1.165, 1.54) is 22.9 Å². The highest BCUT2D eigenvalue weighted by molar-refractivity contribution is 6.30. The molecular weight excluding hydrogens is 274 g/mol. The molecule has 0 fully saturated rings.